The van der Waals surface area contributed by atoms with Crippen molar-refractivity contribution in [2.45, 2.75) is 5.41 Å². The van der Waals surface area contributed by atoms with E-state index in [1.165, 1.54) is 100 Å². The first-order chi connectivity index (χ1) is 33.8. The van der Waals surface area contributed by atoms with Gasteiger partial charge in [-0.3, -0.25) is 0 Å². The van der Waals surface area contributed by atoms with Gasteiger partial charge in [0.15, 0.2) is 0 Å². The Labute approximate surface area is 398 Å². The Kier molecular flexibility index (Phi) is 9.47. The molecule has 0 heterocycles. The summed E-state index contributed by atoms with van der Waals surface area (Å²) in [6, 6.07) is 101. The van der Waals surface area contributed by atoms with Gasteiger partial charge >= 0.3 is 0 Å². The highest BCUT2D eigenvalue weighted by atomic mass is 15.1. The van der Waals surface area contributed by atoms with Crippen LogP contribution in [-0.4, -0.2) is 0 Å². The molecule has 0 amide bonds. The second-order valence-electron chi connectivity index (χ2n) is 17.9. The van der Waals surface area contributed by atoms with Gasteiger partial charge in [0.2, 0.25) is 0 Å². The van der Waals surface area contributed by atoms with Crippen molar-refractivity contribution in [1.29, 1.82) is 0 Å². The van der Waals surface area contributed by atoms with Gasteiger partial charge in [0.05, 0.1) is 11.1 Å². The van der Waals surface area contributed by atoms with E-state index in [9.17, 15) is 0 Å². The SMILES string of the molecule is c1ccc(-c2cccc(-c3ccc(N(c4ccc5c(c4)-c4ccccc4C54c5ccccc5-c5ccccc54)c4cccc(-c5ccccc5)c4-c4ccccc4-c4ccccc4)cc3)c2)cc1. The molecule has 0 fully saturated rings. The summed E-state index contributed by atoms with van der Waals surface area (Å²) in [7, 11) is 0. The molecule has 1 heteroatoms. The molecule has 0 radical (unpaired) electrons. The van der Waals surface area contributed by atoms with Crippen LogP contribution in [0, 0.1) is 0 Å². The first-order valence-corrected chi connectivity index (χ1v) is 23.6. The summed E-state index contributed by atoms with van der Waals surface area (Å²) in [5.74, 6) is 0. The lowest BCUT2D eigenvalue weighted by atomic mass is 9.70. The Morgan fingerprint density at radius 1 is 0.221 bits per heavy atom. The molecule has 1 nitrogen and oxygen atoms in total. The van der Waals surface area contributed by atoms with E-state index in [1.807, 2.05) is 0 Å². The quantitative estimate of drug-likeness (QED) is 0.147. The van der Waals surface area contributed by atoms with Crippen LogP contribution in [0.5, 0.6) is 0 Å². The number of anilines is 3. The van der Waals surface area contributed by atoms with Crippen molar-refractivity contribution in [2.24, 2.45) is 0 Å². The first-order valence-electron chi connectivity index (χ1n) is 23.6. The summed E-state index contributed by atoms with van der Waals surface area (Å²) < 4.78 is 0. The van der Waals surface area contributed by atoms with E-state index >= 15 is 0 Å². The van der Waals surface area contributed by atoms with Crippen molar-refractivity contribution in [3.05, 3.63) is 295 Å². The summed E-state index contributed by atoms with van der Waals surface area (Å²) in [4.78, 5) is 2.50. The maximum Gasteiger partial charge on any atom is 0.0725 e. The van der Waals surface area contributed by atoms with Crippen molar-refractivity contribution in [2.75, 3.05) is 4.90 Å². The fourth-order valence-corrected chi connectivity index (χ4v) is 11.4. The van der Waals surface area contributed by atoms with E-state index in [0.717, 1.165) is 17.1 Å². The molecular weight excluding hydrogens is 819 g/mol. The molecule has 318 valence electrons. The molecule has 1 spiro atoms. The molecule has 0 bridgehead atoms. The van der Waals surface area contributed by atoms with Gasteiger partial charge in [-0.15, -0.1) is 0 Å². The Bertz CT molecular complexity index is 3620. The van der Waals surface area contributed by atoms with Gasteiger partial charge in [-0.1, -0.05) is 237 Å². The average molecular weight is 864 g/mol. The molecule has 0 atom stereocenters. The lowest BCUT2D eigenvalue weighted by molar-refractivity contribution is 0.794. The smallest absolute Gasteiger partial charge is 0.0725 e. The third kappa shape index (κ3) is 6.24. The number of benzene rings is 11. The van der Waals surface area contributed by atoms with Crippen LogP contribution in [0.4, 0.5) is 17.1 Å². The summed E-state index contributed by atoms with van der Waals surface area (Å²) in [5, 5.41) is 0. The third-order valence-electron chi connectivity index (χ3n) is 14.3. The highest BCUT2D eigenvalue weighted by molar-refractivity contribution is 6.02. The van der Waals surface area contributed by atoms with Crippen LogP contribution in [0.15, 0.2) is 273 Å². The topological polar surface area (TPSA) is 3.24 Å². The summed E-state index contributed by atoms with van der Waals surface area (Å²) in [6.07, 6.45) is 0. The van der Waals surface area contributed by atoms with Gasteiger partial charge in [0.1, 0.15) is 0 Å². The van der Waals surface area contributed by atoms with E-state index in [1.54, 1.807) is 0 Å². The molecule has 2 aliphatic rings. The minimum absolute atomic E-state index is 0.425. The molecule has 11 aromatic carbocycles. The molecule has 0 saturated heterocycles. The zero-order valence-electron chi connectivity index (χ0n) is 37.4. The predicted octanol–water partition coefficient (Wildman–Crippen LogP) is 17.8. The van der Waals surface area contributed by atoms with Crippen molar-refractivity contribution in [3.63, 3.8) is 0 Å². The van der Waals surface area contributed by atoms with Crippen LogP contribution in [0.2, 0.25) is 0 Å². The predicted molar refractivity (Wildman–Crippen MR) is 285 cm³/mol. The fraction of sp³-hybridized carbons (Fsp3) is 0.0149. The first kappa shape index (κ1) is 39.6. The third-order valence-corrected chi connectivity index (χ3v) is 14.3. The number of fused-ring (bicyclic) bond motifs is 10. The molecule has 0 aliphatic heterocycles. The van der Waals surface area contributed by atoms with Crippen molar-refractivity contribution in [3.8, 4) is 77.9 Å². The fourth-order valence-electron chi connectivity index (χ4n) is 11.4. The standard InChI is InChI=1S/C67H45N/c1-4-20-46(21-5-1)50-26-18-27-51(44-50)47-38-40-52(41-39-47)68(65-37-19-33-55(49-24-8-3-9-25-49)66(65)59-32-11-10-28-54(59)48-22-6-2-7-23-48)53-42-43-64-60(45-53)58-31-14-17-36-63(58)67(64)61-34-15-12-29-56(61)57-30-13-16-35-62(57)67/h1-45H. The number of hydrogen-bond acceptors (Lipinski definition) is 1. The molecule has 0 unspecified atom stereocenters. The second-order valence-corrected chi connectivity index (χ2v) is 17.9. The summed E-state index contributed by atoms with van der Waals surface area (Å²) in [5.41, 5.74) is 25.2. The number of rotatable bonds is 8. The second kappa shape index (κ2) is 16.3. The normalized spacial score (nSPS) is 12.5. The lowest BCUT2D eigenvalue weighted by Gasteiger charge is -2.32. The highest BCUT2D eigenvalue weighted by Crippen LogP contribution is 2.63. The average Bonchev–Trinajstić information content (AvgIpc) is 3.89. The van der Waals surface area contributed by atoms with Crippen LogP contribution >= 0.6 is 0 Å². The molecule has 0 saturated carbocycles. The van der Waals surface area contributed by atoms with Crippen LogP contribution in [-0.2, 0) is 5.41 Å². The molecule has 0 N–H and O–H groups in total. The molecule has 11 aromatic rings. The minimum Gasteiger partial charge on any atom is -0.310 e. The molecule has 13 rings (SSSR count). The number of nitrogens with zero attached hydrogens (tertiary/aromatic N) is 1. The van der Waals surface area contributed by atoms with Crippen molar-refractivity contribution >= 4 is 17.1 Å². The maximum absolute atomic E-state index is 2.50. The highest BCUT2D eigenvalue weighted by Gasteiger charge is 2.51. The van der Waals surface area contributed by atoms with E-state index < -0.39 is 5.41 Å². The largest absolute Gasteiger partial charge is 0.310 e. The van der Waals surface area contributed by atoms with Crippen molar-refractivity contribution in [1.82, 2.24) is 0 Å². The van der Waals surface area contributed by atoms with Gasteiger partial charge in [-0.2, -0.15) is 0 Å². The van der Waals surface area contributed by atoms with Crippen LogP contribution in [0.3, 0.4) is 0 Å². The van der Waals surface area contributed by atoms with E-state index in [0.29, 0.717) is 0 Å². The molecule has 68 heavy (non-hydrogen) atoms. The van der Waals surface area contributed by atoms with Crippen LogP contribution in [0.25, 0.3) is 77.9 Å². The summed E-state index contributed by atoms with van der Waals surface area (Å²) >= 11 is 0. The zero-order chi connectivity index (χ0) is 45.0. The molecule has 0 aromatic heterocycles. The van der Waals surface area contributed by atoms with Crippen molar-refractivity contribution < 1.29 is 0 Å². The maximum atomic E-state index is 2.50. The monoisotopic (exact) mass is 863 g/mol. The number of hydrogen-bond donors (Lipinski definition) is 0. The van der Waals surface area contributed by atoms with Gasteiger partial charge in [-0.25, -0.2) is 0 Å². The molecule has 2 aliphatic carbocycles. The lowest BCUT2D eigenvalue weighted by Crippen LogP contribution is -2.25. The Morgan fingerprint density at radius 2 is 0.618 bits per heavy atom. The van der Waals surface area contributed by atoms with Gasteiger partial charge in [0.25, 0.3) is 0 Å². The van der Waals surface area contributed by atoms with Gasteiger partial charge in [-0.05, 0) is 131 Å². The Hall–Kier alpha value is -8.78. The van der Waals surface area contributed by atoms with Gasteiger partial charge < -0.3 is 4.90 Å². The van der Waals surface area contributed by atoms with Gasteiger partial charge in [0, 0.05) is 16.9 Å². The minimum atomic E-state index is -0.425. The zero-order valence-corrected chi connectivity index (χ0v) is 37.4. The van der Waals surface area contributed by atoms with E-state index in [-0.39, 0.29) is 0 Å². The van der Waals surface area contributed by atoms with Crippen LogP contribution < -0.4 is 4.90 Å². The van der Waals surface area contributed by atoms with E-state index in [4.69, 9.17) is 0 Å². The Morgan fingerprint density at radius 3 is 1.21 bits per heavy atom. The Balaban J connectivity index is 1.06. The summed E-state index contributed by atoms with van der Waals surface area (Å²) in [6.45, 7) is 0. The molecular formula is C67H45N. The van der Waals surface area contributed by atoms with E-state index in [2.05, 4.69) is 278 Å². The van der Waals surface area contributed by atoms with Crippen LogP contribution in [0.1, 0.15) is 22.3 Å².